The Morgan fingerprint density at radius 2 is 1.89 bits per heavy atom. The van der Waals surface area contributed by atoms with Crippen molar-refractivity contribution < 1.29 is 14.0 Å². The highest BCUT2D eigenvalue weighted by atomic mass is 32.2. The number of amides is 2. The first-order valence-corrected chi connectivity index (χ1v) is 9.65. The summed E-state index contributed by atoms with van der Waals surface area (Å²) in [6.07, 6.45) is 0.551. The van der Waals surface area contributed by atoms with Crippen LogP contribution in [-0.4, -0.2) is 17.1 Å². The molecule has 2 aromatic rings. The van der Waals surface area contributed by atoms with E-state index in [2.05, 4.69) is 5.32 Å². The molecular formula is C21H18FN3O2S. The lowest BCUT2D eigenvalue weighted by Gasteiger charge is -2.18. The maximum absolute atomic E-state index is 13.3. The van der Waals surface area contributed by atoms with E-state index in [0.29, 0.717) is 12.1 Å². The zero-order chi connectivity index (χ0) is 20.1. The standard InChI is InChI=1S/C21H18FN3O2S/c1-2-18-20(27)25(16-10-8-15(22)9-11-16)21(28-18)17(12-23)19(26)24-13-14-6-4-3-5-7-14/h3-11,18H,2,13H2,1H3,(H,24,26)/b21-17+. The molecule has 1 N–H and O–H groups in total. The summed E-state index contributed by atoms with van der Waals surface area (Å²) >= 11 is 1.19. The fourth-order valence-corrected chi connectivity index (χ4v) is 4.01. The number of rotatable bonds is 5. The number of nitrogens with zero attached hydrogens (tertiary/aromatic N) is 2. The van der Waals surface area contributed by atoms with Crippen LogP contribution in [0.25, 0.3) is 0 Å². The molecule has 142 valence electrons. The molecule has 2 amide bonds. The van der Waals surface area contributed by atoms with Gasteiger partial charge in [0.05, 0.1) is 5.25 Å². The Kier molecular flexibility index (Phi) is 6.12. The first kappa shape index (κ1) is 19.6. The highest BCUT2D eigenvalue weighted by Crippen LogP contribution is 2.41. The van der Waals surface area contributed by atoms with Gasteiger partial charge in [-0.2, -0.15) is 5.26 Å². The van der Waals surface area contributed by atoms with Gasteiger partial charge in [0.1, 0.15) is 22.5 Å². The zero-order valence-electron chi connectivity index (χ0n) is 15.2. The molecule has 28 heavy (non-hydrogen) atoms. The molecule has 1 fully saturated rings. The fraction of sp³-hybridized carbons (Fsp3) is 0.190. The molecule has 1 unspecified atom stereocenters. The molecule has 2 aromatic carbocycles. The second kappa shape index (κ2) is 8.72. The van der Waals surface area contributed by atoms with Crippen LogP contribution in [0.1, 0.15) is 18.9 Å². The monoisotopic (exact) mass is 395 g/mol. The molecule has 0 spiro atoms. The molecule has 1 atom stereocenters. The topological polar surface area (TPSA) is 73.2 Å². The van der Waals surface area contributed by atoms with Crippen LogP contribution in [0.15, 0.2) is 65.2 Å². The second-order valence-corrected chi connectivity index (χ2v) is 7.32. The van der Waals surface area contributed by atoms with Gasteiger partial charge in [0.2, 0.25) is 5.91 Å². The number of anilines is 1. The smallest absolute Gasteiger partial charge is 0.264 e. The molecule has 7 heteroatoms. The summed E-state index contributed by atoms with van der Waals surface area (Å²) in [7, 11) is 0. The highest BCUT2D eigenvalue weighted by Gasteiger charge is 2.39. The van der Waals surface area contributed by atoms with Crippen LogP contribution in [0.4, 0.5) is 10.1 Å². The van der Waals surface area contributed by atoms with Gasteiger partial charge < -0.3 is 5.32 Å². The summed E-state index contributed by atoms with van der Waals surface area (Å²) in [5.74, 6) is -1.20. The molecule has 1 aliphatic rings. The van der Waals surface area contributed by atoms with Gasteiger partial charge in [-0.15, -0.1) is 0 Å². The van der Waals surface area contributed by atoms with E-state index in [0.717, 1.165) is 5.56 Å². The van der Waals surface area contributed by atoms with Gasteiger partial charge in [-0.3, -0.25) is 14.5 Å². The molecule has 0 aromatic heterocycles. The summed E-state index contributed by atoms with van der Waals surface area (Å²) < 4.78 is 13.3. The van der Waals surface area contributed by atoms with Gasteiger partial charge in [0.25, 0.3) is 5.91 Å². The van der Waals surface area contributed by atoms with Gasteiger partial charge in [-0.05, 0) is 36.2 Å². The molecular weight excluding hydrogens is 377 g/mol. The first-order chi connectivity index (χ1) is 13.5. The lowest BCUT2D eigenvalue weighted by molar-refractivity contribution is -0.117. The molecule has 0 saturated carbocycles. The number of hydrogen-bond donors (Lipinski definition) is 1. The van der Waals surface area contributed by atoms with E-state index in [1.165, 1.54) is 40.9 Å². The Hall–Kier alpha value is -3.11. The number of benzene rings is 2. The summed E-state index contributed by atoms with van der Waals surface area (Å²) in [4.78, 5) is 26.8. The van der Waals surface area contributed by atoms with Gasteiger partial charge >= 0.3 is 0 Å². The van der Waals surface area contributed by atoms with E-state index in [1.54, 1.807) is 0 Å². The quantitative estimate of drug-likeness (QED) is 0.618. The third-order valence-corrected chi connectivity index (χ3v) is 5.69. The molecule has 3 rings (SSSR count). The maximum Gasteiger partial charge on any atom is 0.264 e. The van der Waals surface area contributed by atoms with Crippen LogP contribution in [-0.2, 0) is 16.1 Å². The molecule has 1 heterocycles. The minimum atomic E-state index is -0.550. The van der Waals surface area contributed by atoms with Crippen molar-refractivity contribution in [2.75, 3.05) is 4.90 Å². The Labute approximate surface area is 166 Å². The van der Waals surface area contributed by atoms with Gasteiger partial charge in [-0.1, -0.05) is 49.0 Å². The normalized spacial score (nSPS) is 18.0. The molecule has 1 saturated heterocycles. The van der Waals surface area contributed by atoms with E-state index in [4.69, 9.17) is 0 Å². The third-order valence-electron chi connectivity index (χ3n) is 4.26. The number of nitriles is 1. The SMILES string of the molecule is CCC1S/C(=C(\C#N)C(=O)NCc2ccccc2)N(c2ccc(F)cc2)C1=O. The number of halogens is 1. The van der Waals surface area contributed by atoms with Gasteiger partial charge in [0, 0.05) is 12.2 Å². The van der Waals surface area contributed by atoms with Crippen molar-refractivity contribution in [2.24, 2.45) is 0 Å². The molecule has 1 aliphatic heterocycles. The summed E-state index contributed by atoms with van der Waals surface area (Å²) in [6.45, 7) is 2.13. The van der Waals surface area contributed by atoms with E-state index in [-0.39, 0.29) is 23.1 Å². The van der Waals surface area contributed by atoms with E-state index in [1.807, 2.05) is 43.3 Å². The van der Waals surface area contributed by atoms with Crippen molar-refractivity contribution in [3.63, 3.8) is 0 Å². The second-order valence-electron chi connectivity index (χ2n) is 6.13. The van der Waals surface area contributed by atoms with Crippen molar-refractivity contribution in [3.05, 3.63) is 76.6 Å². The van der Waals surface area contributed by atoms with Crippen molar-refractivity contribution in [2.45, 2.75) is 25.1 Å². The first-order valence-electron chi connectivity index (χ1n) is 8.77. The van der Waals surface area contributed by atoms with E-state index >= 15 is 0 Å². The van der Waals surface area contributed by atoms with Crippen LogP contribution in [0, 0.1) is 17.1 Å². The number of carbonyl (C=O) groups excluding carboxylic acids is 2. The number of carbonyl (C=O) groups is 2. The van der Waals surface area contributed by atoms with Crippen LogP contribution in [0.5, 0.6) is 0 Å². The maximum atomic E-state index is 13.3. The van der Waals surface area contributed by atoms with Crippen molar-refractivity contribution in [3.8, 4) is 6.07 Å². The average Bonchev–Trinajstić information content (AvgIpc) is 3.04. The van der Waals surface area contributed by atoms with Crippen LogP contribution < -0.4 is 10.2 Å². The average molecular weight is 395 g/mol. The molecule has 0 aliphatic carbocycles. The van der Waals surface area contributed by atoms with Gasteiger partial charge in [-0.25, -0.2) is 4.39 Å². The summed E-state index contributed by atoms with van der Waals surface area (Å²) in [5, 5.41) is 12.2. The number of nitrogens with one attached hydrogen (secondary N) is 1. The summed E-state index contributed by atoms with van der Waals surface area (Å²) in [6, 6.07) is 16.7. The zero-order valence-corrected chi connectivity index (χ0v) is 16.0. The van der Waals surface area contributed by atoms with Crippen molar-refractivity contribution >= 4 is 29.3 Å². The Morgan fingerprint density at radius 1 is 1.21 bits per heavy atom. The lowest BCUT2D eigenvalue weighted by atomic mass is 10.2. The van der Waals surface area contributed by atoms with Gasteiger partial charge in [0.15, 0.2) is 0 Å². The predicted molar refractivity (Wildman–Crippen MR) is 106 cm³/mol. The van der Waals surface area contributed by atoms with Crippen LogP contribution >= 0.6 is 11.8 Å². The number of hydrogen-bond acceptors (Lipinski definition) is 4. The largest absolute Gasteiger partial charge is 0.347 e. The molecule has 0 radical (unpaired) electrons. The Balaban J connectivity index is 1.93. The third kappa shape index (κ3) is 4.07. The van der Waals surface area contributed by atoms with Crippen LogP contribution in [0.3, 0.4) is 0 Å². The molecule has 5 nitrogen and oxygen atoms in total. The lowest BCUT2D eigenvalue weighted by Crippen LogP contribution is -2.31. The summed E-state index contributed by atoms with van der Waals surface area (Å²) in [5.41, 5.74) is 1.19. The minimum Gasteiger partial charge on any atom is -0.347 e. The Morgan fingerprint density at radius 3 is 2.50 bits per heavy atom. The van der Waals surface area contributed by atoms with Crippen molar-refractivity contribution in [1.29, 1.82) is 5.26 Å². The molecule has 0 bridgehead atoms. The van der Waals surface area contributed by atoms with Crippen molar-refractivity contribution in [1.82, 2.24) is 5.32 Å². The van der Waals surface area contributed by atoms with E-state index < -0.39 is 17.0 Å². The van der Waals surface area contributed by atoms with E-state index in [9.17, 15) is 19.2 Å². The Bertz CT molecular complexity index is 952. The highest BCUT2D eigenvalue weighted by molar-refractivity contribution is 8.05. The predicted octanol–water partition coefficient (Wildman–Crippen LogP) is 3.74. The minimum absolute atomic E-state index is 0.130. The number of thioether (sulfide) groups is 1. The fourth-order valence-electron chi connectivity index (χ4n) is 2.81. The van der Waals surface area contributed by atoms with Crippen LogP contribution in [0.2, 0.25) is 0 Å².